The Balaban J connectivity index is 2.15. The number of carbonyl (C=O) groups is 2. The monoisotopic (exact) mass is 338 g/mol. The molecule has 0 aromatic rings. The Hall–Kier alpha value is -0.740. The molecule has 2 saturated carbocycles. The minimum atomic E-state index is -0.473. The van der Waals surface area contributed by atoms with Crippen LogP contribution in [-0.2, 0) is 9.59 Å². The average molecular weight is 338 g/mol. The molecule has 138 valence electrons. The van der Waals surface area contributed by atoms with Gasteiger partial charge in [0, 0.05) is 31.3 Å². The Labute approximate surface area is 146 Å². The second-order valence-electron chi connectivity index (χ2n) is 8.97. The Morgan fingerprint density at radius 2 is 1.92 bits per heavy atom. The molecule has 4 heteroatoms. The minimum absolute atomic E-state index is 0.0100. The van der Waals surface area contributed by atoms with Crippen LogP contribution in [0, 0.1) is 28.6 Å². The highest BCUT2D eigenvalue weighted by atomic mass is 16.3. The van der Waals surface area contributed by atoms with Crippen LogP contribution in [0.5, 0.6) is 0 Å². The summed E-state index contributed by atoms with van der Waals surface area (Å²) < 4.78 is 0. The van der Waals surface area contributed by atoms with Crippen molar-refractivity contribution in [3.05, 3.63) is 0 Å². The lowest BCUT2D eigenvalue weighted by Gasteiger charge is -2.38. The number of hydrogen-bond donors (Lipinski definition) is 2. The fourth-order valence-corrected chi connectivity index (χ4v) is 5.24. The molecule has 1 unspecified atom stereocenters. The van der Waals surface area contributed by atoms with Crippen molar-refractivity contribution in [3.63, 3.8) is 0 Å². The quantitative estimate of drug-likeness (QED) is 0.780. The first-order valence-corrected chi connectivity index (χ1v) is 9.48. The molecule has 2 aliphatic carbocycles. The summed E-state index contributed by atoms with van der Waals surface area (Å²) in [5.74, 6) is 1.23. The number of fused-ring (bicyclic) bond motifs is 1. The van der Waals surface area contributed by atoms with Crippen LogP contribution >= 0.6 is 0 Å². The second kappa shape index (κ2) is 7.25. The lowest BCUT2D eigenvalue weighted by Crippen LogP contribution is -2.33. The maximum absolute atomic E-state index is 12.9. The Kier molecular flexibility index (Phi) is 5.91. The van der Waals surface area contributed by atoms with E-state index in [1.807, 2.05) is 6.92 Å². The van der Waals surface area contributed by atoms with Crippen LogP contribution in [0.25, 0.3) is 0 Å². The van der Waals surface area contributed by atoms with Crippen molar-refractivity contribution in [1.82, 2.24) is 0 Å². The Morgan fingerprint density at radius 3 is 2.50 bits per heavy atom. The molecule has 2 aliphatic rings. The standard InChI is InChI=1S/C20H34O4/c1-13(2)15-11-17(23)16-12-18(24)19(3,8-9-20(15,16)4)7-5-14(22)6-10-21/h13,15-17,21,23H,5-12H2,1-4H3/t15-,16?,17+,19+,20-/m1/s1. The van der Waals surface area contributed by atoms with Gasteiger partial charge < -0.3 is 10.2 Å². The van der Waals surface area contributed by atoms with Crippen LogP contribution in [0.1, 0.15) is 72.6 Å². The zero-order valence-electron chi connectivity index (χ0n) is 15.7. The van der Waals surface area contributed by atoms with Gasteiger partial charge in [-0.1, -0.05) is 27.7 Å². The first kappa shape index (κ1) is 19.6. The fraction of sp³-hybridized carbons (Fsp3) is 0.900. The summed E-state index contributed by atoms with van der Waals surface area (Å²) in [6.07, 6.45) is 3.69. The zero-order valence-corrected chi connectivity index (χ0v) is 15.7. The molecule has 0 aromatic carbocycles. The predicted molar refractivity (Wildman–Crippen MR) is 93.5 cm³/mol. The summed E-state index contributed by atoms with van der Waals surface area (Å²) in [5.41, 5.74) is -0.462. The largest absolute Gasteiger partial charge is 0.396 e. The number of aliphatic hydroxyl groups excluding tert-OH is 2. The molecular weight excluding hydrogens is 304 g/mol. The topological polar surface area (TPSA) is 74.6 Å². The number of rotatable bonds is 6. The fourth-order valence-electron chi connectivity index (χ4n) is 5.24. The van der Waals surface area contributed by atoms with Crippen molar-refractivity contribution >= 4 is 11.6 Å². The molecular formula is C20H34O4. The van der Waals surface area contributed by atoms with Gasteiger partial charge in [-0.25, -0.2) is 0 Å². The van der Waals surface area contributed by atoms with E-state index in [4.69, 9.17) is 5.11 Å². The van der Waals surface area contributed by atoms with Crippen LogP contribution in [-0.4, -0.2) is 34.5 Å². The van der Waals surface area contributed by atoms with Crippen molar-refractivity contribution in [2.45, 2.75) is 78.7 Å². The number of carbonyl (C=O) groups excluding carboxylic acids is 2. The van der Waals surface area contributed by atoms with E-state index in [9.17, 15) is 14.7 Å². The van der Waals surface area contributed by atoms with Gasteiger partial charge in [-0.05, 0) is 48.9 Å². The van der Waals surface area contributed by atoms with Gasteiger partial charge in [0.15, 0.2) is 0 Å². The van der Waals surface area contributed by atoms with Gasteiger partial charge in [-0.3, -0.25) is 9.59 Å². The minimum Gasteiger partial charge on any atom is -0.396 e. The van der Waals surface area contributed by atoms with Crippen LogP contribution < -0.4 is 0 Å². The van der Waals surface area contributed by atoms with Crippen molar-refractivity contribution in [2.24, 2.45) is 28.6 Å². The summed E-state index contributed by atoms with van der Waals surface area (Å²) in [6, 6.07) is 0. The van der Waals surface area contributed by atoms with Crippen molar-refractivity contribution in [2.75, 3.05) is 6.61 Å². The summed E-state index contributed by atoms with van der Waals surface area (Å²) in [6.45, 7) is 8.55. The highest BCUT2D eigenvalue weighted by Gasteiger charge is 2.56. The molecule has 2 rings (SSSR count). The lowest BCUT2D eigenvalue weighted by molar-refractivity contribution is -0.130. The molecule has 2 fully saturated rings. The SMILES string of the molecule is CC(C)[C@H]1C[C@H](O)C2CC(=O)[C@@](C)(CCC(=O)CCO)CC[C@@]21C. The maximum Gasteiger partial charge on any atom is 0.139 e. The zero-order chi connectivity index (χ0) is 18.1. The summed E-state index contributed by atoms with van der Waals surface area (Å²) >= 11 is 0. The first-order valence-electron chi connectivity index (χ1n) is 9.48. The van der Waals surface area contributed by atoms with E-state index in [1.165, 1.54) is 0 Å². The number of aliphatic hydroxyl groups is 2. The van der Waals surface area contributed by atoms with Crippen LogP contribution in [0.4, 0.5) is 0 Å². The molecule has 5 atom stereocenters. The third-order valence-electron chi connectivity index (χ3n) is 7.10. The van der Waals surface area contributed by atoms with Crippen LogP contribution in [0.2, 0.25) is 0 Å². The highest BCUT2D eigenvalue weighted by Crippen LogP contribution is 2.58. The van der Waals surface area contributed by atoms with E-state index < -0.39 is 5.41 Å². The Morgan fingerprint density at radius 1 is 1.25 bits per heavy atom. The second-order valence-corrected chi connectivity index (χ2v) is 8.97. The molecule has 4 nitrogen and oxygen atoms in total. The number of ketones is 2. The van der Waals surface area contributed by atoms with Crippen molar-refractivity contribution < 1.29 is 19.8 Å². The third kappa shape index (κ3) is 3.60. The van der Waals surface area contributed by atoms with Gasteiger partial charge in [-0.2, -0.15) is 0 Å². The molecule has 0 heterocycles. The molecule has 0 aromatic heterocycles. The van der Waals surface area contributed by atoms with E-state index in [0.717, 1.165) is 19.3 Å². The van der Waals surface area contributed by atoms with E-state index in [-0.39, 0.29) is 42.0 Å². The van der Waals surface area contributed by atoms with Gasteiger partial charge >= 0.3 is 0 Å². The smallest absolute Gasteiger partial charge is 0.139 e. The number of hydrogen-bond acceptors (Lipinski definition) is 4. The first-order chi connectivity index (χ1) is 11.1. The molecule has 0 saturated heterocycles. The molecule has 0 aliphatic heterocycles. The van der Waals surface area contributed by atoms with Gasteiger partial charge in [0.1, 0.15) is 11.6 Å². The van der Waals surface area contributed by atoms with E-state index in [0.29, 0.717) is 31.1 Å². The average Bonchev–Trinajstić information content (AvgIpc) is 2.70. The molecule has 24 heavy (non-hydrogen) atoms. The lowest BCUT2D eigenvalue weighted by atomic mass is 9.66. The van der Waals surface area contributed by atoms with E-state index >= 15 is 0 Å². The van der Waals surface area contributed by atoms with Gasteiger partial charge in [-0.15, -0.1) is 0 Å². The van der Waals surface area contributed by atoms with E-state index in [2.05, 4.69) is 20.8 Å². The predicted octanol–water partition coefficient (Wildman–Crippen LogP) is 3.14. The normalized spacial score (nSPS) is 39.8. The third-order valence-corrected chi connectivity index (χ3v) is 7.10. The van der Waals surface area contributed by atoms with E-state index in [1.54, 1.807) is 0 Å². The summed E-state index contributed by atoms with van der Waals surface area (Å²) in [4.78, 5) is 24.7. The van der Waals surface area contributed by atoms with Gasteiger partial charge in [0.05, 0.1) is 6.10 Å². The van der Waals surface area contributed by atoms with Crippen LogP contribution in [0.15, 0.2) is 0 Å². The Bertz CT molecular complexity index is 486. The van der Waals surface area contributed by atoms with Crippen molar-refractivity contribution in [1.29, 1.82) is 0 Å². The van der Waals surface area contributed by atoms with Gasteiger partial charge in [0.25, 0.3) is 0 Å². The maximum atomic E-state index is 12.9. The van der Waals surface area contributed by atoms with Gasteiger partial charge in [0.2, 0.25) is 0 Å². The highest BCUT2D eigenvalue weighted by molar-refractivity contribution is 5.86. The summed E-state index contributed by atoms with van der Waals surface area (Å²) in [5, 5.41) is 19.4. The molecule has 0 spiro atoms. The molecule has 0 amide bonds. The van der Waals surface area contributed by atoms with Crippen LogP contribution in [0.3, 0.4) is 0 Å². The number of Topliss-reactive ketones (excluding diaryl/α,β-unsaturated/α-hetero) is 2. The van der Waals surface area contributed by atoms with Crippen molar-refractivity contribution in [3.8, 4) is 0 Å². The molecule has 0 bridgehead atoms. The molecule has 0 radical (unpaired) electrons. The molecule has 2 N–H and O–H groups in total. The summed E-state index contributed by atoms with van der Waals surface area (Å²) in [7, 11) is 0.